The molecular weight excluding hydrogens is 398 g/mol. The summed E-state index contributed by atoms with van der Waals surface area (Å²) in [5, 5.41) is 4.24. The van der Waals surface area contributed by atoms with Gasteiger partial charge in [0.05, 0.1) is 24.7 Å². The average Bonchev–Trinajstić information content (AvgIpc) is 3.31. The van der Waals surface area contributed by atoms with Crippen LogP contribution in [0.15, 0.2) is 42.7 Å². The van der Waals surface area contributed by atoms with Gasteiger partial charge in [-0.1, -0.05) is 23.7 Å². The van der Waals surface area contributed by atoms with Crippen molar-refractivity contribution >= 4 is 17.3 Å². The molecule has 4 rings (SSSR count). The fourth-order valence-corrected chi connectivity index (χ4v) is 4.38. The molecule has 2 aliphatic rings. The Bertz CT molecular complexity index is 772. The van der Waals surface area contributed by atoms with Gasteiger partial charge in [-0.05, 0) is 62.3 Å². The zero-order valence-electron chi connectivity index (χ0n) is 17.6. The largest absolute Gasteiger partial charge is 0.490 e. The summed E-state index contributed by atoms with van der Waals surface area (Å²) in [5.41, 5.74) is 2.34. The molecule has 2 aliphatic heterocycles. The molecule has 0 saturated carbocycles. The molecule has 0 amide bonds. The van der Waals surface area contributed by atoms with Crippen LogP contribution in [0.5, 0.6) is 5.75 Å². The van der Waals surface area contributed by atoms with Crippen molar-refractivity contribution in [3.8, 4) is 5.75 Å². The molecular formula is C24H32ClN3O2. The first-order chi connectivity index (χ1) is 14.8. The van der Waals surface area contributed by atoms with Crippen LogP contribution in [0, 0.1) is 5.92 Å². The second kappa shape index (κ2) is 11.0. The minimum Gasteiger partial charge on any atom is -0.490 e. The zero-order valence-corrected chi connectivity index (χ0v) is 18.3. The molecule has 2 saturated heterocycles. The van der Waals surface area contributed by atoms with Gasteiger partial charge in [0.15, 0.2) is 0 Å². The van der Waals surface area contributed by atoms with E-state index in [1.165, 1.54) is 36.9 Å². The molecule has 2 fully saturated rings. The molecule has 1 N–H and O–H groups in total. The van der Waals surface area contributed by atoms with E-state index < -0.39 is 0 Å². The Balaban J connectivity index is 1.16. The van der Waals surface area contributed by atoms with E-state index in [-0.39, 0.29) is 0 Å². The van der Waals surface area contributed by atoms with Crippen molar-refractivity contribution in [3.63, 3.8) is 0 Å². The molecule has 0 spiro atoms. The maximum atomic E-state index is 5.98. The average molecular weight is 430 g/mol. The third-order valence-corrected chi connectivity index (χ3v) is 6.40. The van der Waals surface area contributed by atoms with E-state index in [1.54, 1.807) is 0 Å². The van der Waals surface area contributed by atoms with Crippen LogP contribution in [0.25, 0.3) is 0 Å². The summed E-state index contributed by atoms with van der Waals surface area (Å²) in [7, 11) is 0. The Kier molecular flexibility index (Phi) is 7.84. The van der Waals surface area contributed by atoms with E-state index in [1.807, 2.05) is 36.7 Å². The lowest BCUT2D eigenvalue weighted by Crippen LogP contribution is -2.34. The molecule has 1 aromatic heterocycles. The number of halogens is 1. The van der Waals surface area contributed by atoms with Gasteiger partial charge in [-0.2, -0.15) is 0 Å². The molecule has 6 heteroatoms. The quantitative estimate of drug-likeness (QED) is 0.586. The Morgan fingerprint density at radius 2 is 1.93 bits per heavy atom. The molecule has 2 aromatic rings. The fourth-order valence-electron chi connectivity index (χ4n) is 4.26. The van der Waals surface area contributed by atoms with Gasteiger partial charge in [-0.3, -0.25) is 4.98 Å². The van der Waals surface area contributed by atoms with Gasteiger partial charge in [0, 0.05) is 36.8 Å². The molecule has 0 radical (unpaired) electrons. The van der Waals surface area contributed by atoms with Crippen LogP contribution >= 0.6 is 11.6 Å². The predicted molar refractivity (Wildman–Crippen MR) is 121 cm³/mol. The highest BCUT2D eigenvalue weighted by Gasteiger charge is 2.20. The number of rotatable bonds is 9. The van der Waals surface area contributed by atoms with Crippen molar-refractivity contribution in [1.82, 2.24) is 10.3 Å². The van der Waals surface area contributed by atoms with Crippen LogP contribution in [0.2, 0.25) is 5.02 Å². The Morgan fingerprint density at radius 3 is 2.70 bits per heavy atom. The fraction of sp³-hybridized carbons (Fsp3) is 0.542. The van der Waals surface area contributed by atoms with Crippen molar-refractivity contribution in [2.24, 2.45) is 5.92 Å². The van der Waals surface area contributed by atoms with Crippen LogP contribution in [-0.4, -0.2) is 43.9 Å². The third-order valence-electron chi connectivity index (χ3n) is 6.14. The Morgan fingerprint density at radius 1 is 1.10 bits per heavy atom. The third kappa shape index (κ3) is 6.34. The Labute approximate surface area is 184 Å². The van der Waals surface area contributed by atoms with Gasteiger partial charge in [-0.25, -0.2) is 0 Å². The number of aromatic nitrogens is 1. The number of pyridine rings is 1. The van der Waals surface area contributed by atoms with Crippen LogP contribution in [0.1, 0.15) is 37.7 Å². The molecule has 0 aliphatic carbocycles. The first-order valence-electron chi connectivity index (χ1n) is 11.1. The van der Waals surface area contributed by atoms with Crippen LogP contribution in [0.4, 0.5) is 5.69 Å². The maximum absolute atomic E-state index is 5.98. The molecule has 162 valence electrons. The van der Waals surface area contributed by atoms with Gasteiger partial charge < -0.3 is 19.7 Å². The van der Waals surface area contributed by atoms with Crippen molar-refractivity contribution in [1.29, 1.82) is 0 Å². The van der Waals surface area contributed by atoms with Crippen LogP contribution in [-0.2, 0) is 11.3 Å². The topological polar surface area (TPSA) is 46.6 Å². The standard InChI is InChI=1S/C24H32ClN3O2/c25-21-5-3-20(4-6-21)17-29-13-9-19-7-11-28(12-8-19)23-14-24(16-26-15-23)30-18-22-2-1-10-27-22/h3-6,14-16,19,22,27H,1-2,7-13,17-18H2/t22-/m0/s1. The molecule has 5 nitrogen and oxygen atoms in total. The van der Waals surface area contributed by atoms with E-state index in [2.05, 4.69) is 21.3 Å². The minimum absolute atomic E-state index is 0.478. The highest BCUT2D eigenvalue weighted by molar-refractivity contribution is 6.30. The lowest BCUT2D eigenvalue weighted by atomic mass is 9.94. The van der Waals surface area contributed by atoms with E-state index in [4.69, 9.17) is 21.1 Å². The molecule has 0 unspecified atom stereocenters. The number of ether oxygens (including phenoxy) is 2. The van der Waals surface area contributed by atoms with Crippen molar-refractivity contribution in [2.45, 2.75) is 44.8 Å². The number of nitrogens with one attached hydrogen (secondary N) is 1. The van der Waals surface area contributed by atoms with E-state index in [9.17, 15) is 0 Å². The Hall–Kier alpha value is -1.82. The first-order valence-corrected chi connectivity index (χ1v) is 11.5. The zero-order chi connectivity index (χ0) is 20.6. The SMILES string of the molecule is Clc1ccc(COCCC2CCN(c3cncc(OC[C@@H]4CCCN4)c3)CC2)cc1. The van der Waals surface area contributed by atoms with Crippen LogP contribution in [0.3, 0.4) is 0 Å². The molecule has 30 heavy (non-hydrogen) atoms. The number of piperidine rings is 1. The minimum atomic E-state index is 0.478. The normalized spacial score (nSPS) is 19.9. The van der Waals surface area contributed by atoms with E-state index in [0.29, 0.717) is 12.6 Å². The lowest BCUT2D eigenvalue weighted by Gasteiger charge is -2.33. The summed E-state index contributed by atoms with van der Waals surface area (Å²) in [5.74, 6) is 1.60. The van der Waals surface area contributed by atoms with Crippen molar-refractivity contribution in [3.05, 3.63) is 53.3 Å². The van der Waals surface area contributed by atoms with Gasteiger partial charge in [0.2, 0.25) is 0 Å². The van der Waals surface area contributed by atoms with Crippen LogP contribution < -0.4 is 15.0 Å². The van der Waals surface area contributed by atoms with Gasteiger partial charge in [-0.15, -0.1) is 0 Å². The van der Waals surface area contributed by atoms with Gasteiger partial charge in [0.1, 0.15) is 12.4 Å². The second-order valence-corrected chi connectivity index (χ2v) is 8.82. The molecule has 3 heterocycles. The summed E-state index contributed by atoms with van der Waals surface area (Å²) in [6.07, 6.45) is 9.73. The smallest absolute Gasteiger partial charge is 0.139 e. The highest BCUT2D eigenvalue weighted by Crippen LogP contribution is 2.27. The molecule has 1 aromatic carbocycles. The maximum Gasteiger partial charge on any atom is 0.139 e. The number of anilines is 1. The second-order valence-electron chi connectivity index (χ2n) is 8.38. The summed E-state index contributed by atoms with van der Waals surface area (Å²) >= 11 is 5.92. The number of benzene rings is 1. The first kappa shape index (κ1) is 21.4. The summed E-state index contributed by atoms with van der Waals surface area (Å²) < 4.78 is 11.8. The van der Waals surface area contributed by atoms with Crippen molar-refractivity contribution < 1.29 is 9.47 Å². The molecule has 0 bridgehead atoms. The van der Waals surface area contributed by atoms with Gasteiger partial charge in [0.25, 0.3) is 0 Å². The molecule has 1 atom stereocenters. The number of hydrogen-bond donors (Lipinski definition) is 1. The van der Waals surface area contributed by atoms with Gasteiger partial charge >= 0.3 is 0 Å². The predicted octanol–water partition coefficient (Wildman–Crippen LogP) is 4.69. The van der Waals surface area contributed by atoms with E-state index in [0.717, 1.165) is 56.0 Å². The monoisotopic (exact) mass is 429 g/mol. The summed E-state index contributed by atoms with van der Waals surface area (Å²) in [6, 6.07) is 10.5. The van der Waals surface area contributed by atoms with E-state index >= 15 is 0 Å². The summed E-state index contributed by atoms with van der Waals surface area (Å²) in [6.45, 7) is 5.43. The van der Waals surface area contributed by atoms with Crippen molar-refractivity contribution in [2.75, 3.05) is 37.7 Å². The number of nitrogens with zero attached hydrogens (tertiary/aromatic N) is 2. The highest BCUT2D eigenvalue weighted by atomic mass is 35.5. The summed E-state index contributed by atoms with van der Waals surface area (Å²) in [4.78, 5) is 6.83. The lowest BCUT2D eigenvalue weighted by molar-refractivity contribution is 0.104. The number of hydrogen-bond acceptors (Lipinski definition) is 5.